The van der Waals surface area contributed by atoms with E-state index >= 15 is 4.39 Å². The predicted octanol–water partition coefficient (Wildman–Crippen LogP) is 5.97. The molecule has 3 aromatic carbocycles. The fourth-order valence-corrected chi connectivity index (χ4v) is 7.71. The Bertz CT molecular complexity index is 2020. The Morgan fingerprint density at radius 3 is 1.95 bits per heavy atom. The van der Waals surface area contributed by atoms with Crippen molar-refractivity contribution in [1.29, 1.82) is 0 Å². The summed E-state index contributed by atoms with van der Waals surface area (Å²) in [6.07, 6.45) is 4.37. The third-order valence-corrected chi connectivity index (χ3v) is 11.0. The van der Waals surface area contributed by atoms with Gasteiger partial charge < -0.3 is 33.8 Å². The Labute approximate surface area is 328 Å². The van der Waals surface area contributed by atoms with Crippen LogP contribution in [-0.4, -0.2) is 110 Å². The summed E-state index contributed by atoms with van der Waals surface area (Å²) in [6.45, 7) is 12.5. The van der Waals surface area contributed by atoms with Crippen LogP contribution in [0.25, 0.3) is 11.3 Å². The fraction of sp³-hybridized carbons (Fsp3) is 0.395. The van der Waals surface area contributed by atoms with Crippen LogP contribution in [0.1, 0.15) is 29.2 Å². The minimum atomic E-state index is -0.257. The van der Waals surface area contributed by atoms with Gasteiger partial charge in [-0.3, -0.25) is 4.90 Å². The monoisotopic (exact) mass is 759 g/mol. The van der Waals surface area contributed by atoms with Crippen LogP contribution < -0.4 is 24.2 Å². The first kappa shape index (κ1) is 37.5. The molecule has 2 aromatic heterocycles. The first-order valence-electron chi connectivity index (χ1n) is 19.6. The lowest BCUT2D eigenvalue weighted by molar-refractivity contribution is 0.122. The number of methoxy groups -OCH3 is 2. The highest BCUT2D eigenvalue weighted by atomic mass is 19.1. The van der Waals surface area contributed by atoms with Crippen LogP contribution in [0.3, 0.4) is 0 Å². The molecule has 292 valence electrons. The number of rotatable bonds is 13. The van der Waals surface area contributed by atoms with Gasteiger partial charge in [0.1, 0.15) is 23.1 Å². The lowest BCUT2D eigenvalue weighted by atomic mass is 10.1. The van der Waals surface area contributed by atoms with Crippen LogP contribution in [0.2, 0.25) is 0 Å². The smallest absolute Gasteiger partial charge is 0.228 e. The quantitative estimate of drug-likeness (QED) is 0.142. The highest BCUT2D eigenvalue weighted by molar-refractivity contribution is 5.77. The van der Waals surface area contributed by atoms with E-state index in [1.54, 1.807) is 20.3 Å². The lowest BCUT2D eigenvalue weighted by Gasteiger charge is -2.34. The van der Waals surface area contributed by atoms with E-state index in [4.69, 9.17) is 34.1 Å². The van der Waals surface area contributed by atoms with Crippen molar-refractivity contribution in [2.24, 2.45) is 0 Å². The molecule has 5 aromatic rings. The second-order valence-electron chi connectivity index (χ2n) is 14.5. The van der Waals surface area contributed by atoms with Gasteiger partial charge in [0.15, 0.2) is 0 Å². The lowest BCUT2D eigenvalue weighted by Crippen LogP contribution is -2.45. The molecule has 0 amide bonds. The van der Waals surface area contributed by atoms with E-state index in [0.717, 1.165) is 90.1 Å². The fourth-order valence-electron chi connectivity index (χ4n) is 7.71. The maximum atomic E-state index is 15.8. The second kappa shape index (κ2) is 17.2. The van der Waals surface area contributed by atoms with Crippen molar-refractivity contribution in [3.8, 4) is 22.8 Å². The molecule has 0 unspecified atom stereocenters. The van der Waals surface area contributed by atoms with E-state index in [1.807, 2.05) is 53.7 Å². The van der Waals surface area contributed by atoms with Gasteiger partial charge in [-0.25, -0.2) is 19.3 Å². The van der Waals surface area contributed by atoms with Crippen molar-refractivity contribution < 1.29 is 18.6 Å². The van der Waals surface area contributed by atoms with Crippen molar-refractivity contribution in [3.63, 3.8) is 0 Å². The number of likely N-dealkylation sites (N-methyl/N-ethyl adjacent to an activating group) is 1. The summed E-state index contributed by atoms with van der Waals surface area (Å²) < 4.78 is 32.3. The third kappa shape index (κ3) is 8.40. The maximum Gasteiger partial charge on any atom is 0.228 e. The third-order valence-electron chi connectivity index (χ3n) is 11.0. The number of ether oxygens (including phenoxy) is 3. The average Bonchev–Trinajstić information content (AvgIpc) is 3.69. The molecular formula is C43H50FN9O3. The number of hydrogen-bond donors (Lipinski definition) is 0. The Morgan fingerprint density at radius 1 is 0.732 bits per heavy atom. The number of benzene rings is 3. The van der Waals surface area contributed by atoms with Crippen LogP contribution in [-0.2, 0) is 30.8 Å². The van der Waals surface area contributed by atoms with Gasteiger partial charge in [-0.05, 0) is 66.1 Å². The average molecular weight is 760 g/mol. The molecule has 3 aliphatic heterocycles. The summed E-state index contributed by atoms with van der Waals surface area (Å²) >= 11 is 0. The van der Waals surface area contributed by atoms with Crippen LogP contribution in [0.5, 0.6) is 11.5 Å². The largest absolute Gasteiger partial charge is 0.497 e. The van der Waals surface area contributed by atoms with E-state index < -0.39 is 0 Å². The molecule has 13 heteroatoms. The molecule has 56 heavy (non-hydrogen) atoms. The molecule has 0 spiro atoms. The molecule has 8 rings (SSSR count). The van der Waals surface area contributed by atoms with Gasteiger partial charge in [0.25, 0.3) is 0 Å². The number of piperazine rings is 1. The topological polar surface area (TPSA) is 95.5 Å². The first-order chi connectivity index (χ1) is 27.5. The zero-order valence-corrected chi connectivity index (χ0v) is 32.5. The van der Waals surface area contributed by atoms with Crippen LogP contribution in [0, 0.1) is 5.82 Å². The zero-order chi connectivity index (χ0) is 38.4. The minimum absolute atomic E-state index is 0.257. The summed E-state index contributed by atoms with van der Waals surface area (Å²) in [7, 11) is 3.34. The van der Waals surface area contributed by atoms with E-state index in [0.29, 0.717) is 69.9 Å². The Morgan fingerprint density at radius 2 is 1.34 bits per heavy atom. The van der Waals surface area contributed by atoms with E-state index in [9.17, 15) is 0 Å². The highest BCUT2D eigenvalue weighted by Crippen LogP contribution is 2.40. The van der Waals surface area contributed by atoms with Crippen molar-refractivity contribution in [2.75, 3.05) is 94.5 Å². The number of fused-ring (bicyclic) bond motifs is 1. The number of morpholine rings is 1. The molecule has 0 radical (unpaired) electrons. The molecule has 0 atom stereocenters. The van der Waals surface area contributed by atoms with Gasteiger partial charge in [0.05, 0.1) is 38.8 Å². The highest BCUT2D eigenvalue weighted by Gasteiger charge is 2.31. The molecule has 2 fully saturated rings. The molecule has 0 saturated carbocycles. The standard InChI is InChI=1S/C43H50FN9O3/c1-4-49-17-19-50(20-18-49)28-33-9-14-38(44)39(25-33)53-16-15-37-40(47-43(48-41(37)53)51-21-23-56-24-22-51)34-26-45-42(46-27-34)52(29-31-5-10-35(54-2)11-6-31)30-32-7-12-36(55-3)13-8-32/h5-14,25-27H,4,15-24,28-30H2,1-3H3. The molecule has 0 aliphatic carbocycles. The molecule has 5 heterocycles. The summed E-state index contributed by atoms with van der Waals surface area (Å²) in [5.74, 6) is 3.28. The van der Waals surface area contributed by atoms with Gasteiger partial charge in [-0.2, -0.15) is 4.98 Å². The summed E-state index contributed by atoms with van der Waals surface area (Å²) in [6, 6.07) is 21.6. The molecule has 12 nitrogen and oxygen atoms in total. The Hall–Kier alpha value is -5.37. The van der Waals surface area contributed by atoms with E-state index in [2.05, 4.69) is 50.8 Å². The Balaban J connectivity index is 1.11. The summed E-state index contributed by atoms with van der Waals surface area (Å²) in [5, 5.41) is 0. The van der Waals surface area contributed by atoms with Gasteiger partial charge >= 0.3 is 0 Å². The van der Waals surface area contributed by atoms with Gasteiger partial charge in [0, 0.05) is 89.0 Å². The number of aromatic nitrogens is 4. The summed E-state index contributed by atoms with van der Waals surface area (Å²) in [4.78, 5) is 31.4. The van der Waals surface area contributed by atoms with Crippen LogP contribution in [0.4, 0.5) is 27.8 Å². The SMILES string of the molecule is CCN1CCN(Cc2ccc(F)c(N3CCc4c(-c5cnc(N(Cc6ccc(OC)cc6)Cc6ccc(OC)cc6)nc5)nc(N5CCOCC5)nc43)c2)CC1. The number of halogens is 1. The van der Waals surface area contributed by atoms with E-state index in [-0.39, 0.29) is 5.82 Å². The molecular weight excluding hydrogens is 710 g/mol. The maximum absolute atomic E-state index is 15.8. The Kier molecular flexibility index (Phi) is 11.5. The summed E-state index contributed by atoms with van der Waals surface area (Å²) in [5.41, 5.74) is 6.38. The normalized spacial score (nSPS) is 16.2. The zero-order valence-electron chi connectivity index (χ0n) is 32.5. The number of hydrogen-bond acceptors (Lipinski definition) is 12. The van der Waals surface area contributed by atoms with Gasteiger partial charge in [-0.1, -0.05) is 37.3 Å². The first-order valence-corrected chi connectivity index (χ1v) is 19.6. The minimum Gasteiger partial charge on any atom is -0.497 e. The number of anilines is 4. The molecule has 2 saturated heterocycles. The van der Waals surface area contributed by atoms with Crippen molar-refractivity contribution in [1.82, 2.24) is 29.7 Å². The van der Waals surface area contributed by atoms with Crippen molar-refractivity contribution >= 4 is 23.4 Å². The van der Waals surface area contributed by atoms with Gasteiger partial charge in [-0.15, -0.1) is 0 Å². The van der Waals surface area contributed by atoms with Crippen LogP contribution in [0.15, 0.2) is 79.1 Å². The molecule has 3 aliphatic rings. The molecule has 0 bridgehead atoms. The second-order valence-corrected chi connectivity index (χ2v) is 14.5. The van der Waals surface area contributed by atoms with Crippen molar-refractivity contribution in [3.05, 3.63) is 107 Å². The molecule has 0 N–H and O–H groups in total. The number of nitrogens with zero attached hydrogens (tertiary/aromatic N) is 9. The van der Waals surface area contributed by atoms with E-state index in [1.165, 1.54) is 0 Å². The van der Waals surface area contributed by atoms with Crippen molar-refractivity contribution in [2.45, 2.75) is 33.0 Å². The van der Waals surface area contributed by atoms with Gasteiger partial charge in [0.2, 0.25) is 11.9 Å². The predicted molar refractivity (Wildman–Crippen MR) is 216 cm³/mol. The van der Waals surface area contributed by atoms with Crippen LogP contribution >= 0.6 is 0 Å².